The fourth-order valence-electron chi connectivity index (χ4n) is 8.43. The lowest BCUT2D eigenvalue weighted by Gasteiger charge is -2.57. The molecule has 1 aromatic carbocycles. The summed E-state index contributed by atoms with van der Waals surface area (Å²) in [6.07, 6.45) is 6.90. The Kier molecular flexibility index (Phi) is 4.61. The van der Waals surface area contributed by atoms with Gasteiger partial charge in [-0.05, 0) is 91.6 Å². The number of piperidine rings is 1. The van der Waals surface area contributed by atoms with Crippen LogP contribution >= 0.6 is 0 Å². The number of carbonyl (C=O) groups excluding carboxylic acids is 1. The molecule has 172 valence electrons. The average molecular weight is 441 g/mol. The van der Waals surface area contributed by atoms with Gasteiger partial charge in [0.05, 0.1) is 6.42 Å². The summed E-state index contributed by atoms with van der Waals surface area (Å²) in [5, 5.41) is 12.7. The van der Waals surface area contributed by atoms with E-state index in [0.29, 0.717) is 43.7 Å². The second-order valence-electron chi connectivity index (χ2n) is 11.4. The Hall–Kier alpha value is -2.11. The molecule has 1 spiro atoms. The lowest BCUT2D eigenvalue weighted by Crippen LogP contribution is -2.62. The van der Waals surface area contributed by atoms with Crippen LogP contribution in [0.15, 0.2) is 24.3 Å². The summed E-state index contributed by atoms with van der Waals surface area (Å²) in [6, 6.07) is 8.44. The summed E-state index contributed by atoms with van der Waals surface area (Å²) in [5.41, 5.74) is 1.48. The Labute approximate surface area is 188 Å². The summed E-state index contributed by atoms with van der Waals surface area (Å²) in [6.45, 7) is 1.38. The Bertz CT molecular complexity index is 925. The van der Waals surface area contributed by atoms with E-state index in [2.05, 4.69) is 17.4 Å². The van der Waals surface area contributed by atoms with Crippen LogP contribution in [0.2, 0.25) is 0 Å². The molecule has 5 nitrogen and oxygen atoms in total. The molecule has 4 saturated carbocycles. The van der Waals surface area contributed by atoms with Crippen LogP contribution in [0.1, 0.15) is 74.8 Å². The van der Waals surface area contributed by atoms with Gasteiger partial charge in [-0.3, -0.25) is 4.79 Å². The Morgan fingerprint density at radius 3 is 2.41 bits per heavy atom. The van der Waals surface area contributed by atoms with Gasteiger partial charge in [-0.25, -0.2) is 9.18 Å². The van der Waals surface area contributed by atoms with Crippen LogP contribution < -0.4 is 5.32 Å². The van der Waals surface area contributed by atoms with Crippen molar-refractivity contribution in [1.82, 2.24) is 10.2 Å². The highest BCUT2D eigenvalue weighted by Gasteiger charge is 2.56. The average Bonchev–Trinajstić information content (AvgIpc) is 3.02. The van der Waals surface area contributed by atoms with Crippen molar-refractivity contribution in [2.45, 2.75) is 80.8 Å². The van der Waals surface area contributed by atoms with Gasteiger partial charge in [-0.15, -0.1) is 0 Å². The number of urea groups is 1. The standard InChI is InChI=1S/C26H33FN2O3/c27-26-12-16-9-18(14-26)23(19(10-16)15-26)28-24(32)29-7-5-25(6-8-29)13-17(11-22(30)31)20-3-1-2-4-21(20)25/h1-4,16-19,23H,5-15H2,(H,28,32)(H,30,31). The van der Waals surface area contributed by atoms with Gasteiger partial charge in [0.15, 0.2) is 0 Å². The van der Waals surface area contributed by atoms with Crippen molar-refractivity contribution in [2.24, 2.45) is 17.8 Å². The molecule has 3 unspecified atom stereocenters. The number of aliphatic carboxylic acids is 1. The van der Waals surface area contributed by atoms with Gasteiger partial charge in [0, 0.05) is 19.1 Å². The smallest absolute Gasteiger partial charge is 0.317 e. The van der Waals surface area contributed by atoms with E-state index in [9.17, 15) is 19.1 Å². The van der Waals surface area contributed by atoms with Crippen LogP contribution in [0.3, 0.4) is 0 Å². The van der Waals surface area contributed by atoms with Gasteiger partial charge in [0.25, 0.3) is 0 Å². The van der Waals surface area contributed by atoms with E-state index < -0.39 is 11.6 Å². The molecule has 1 aromatic rings. The van der Waals surface area contributed by atoms with E-state index in [1.165, 1.54) is 11.1 Å². The molecule has 5 aliphatic carbocycles. The molecule has 6 aliphatic rings. The van der Waals surface area contributed by atoms with Crippen LogP contribution in [0.25, 0.3) is 0 Å². The monoisotopic (exact) mass is 440 g/mol. The lowest BCUT2D eigenvalue weighted by molar-refractivity contribution is -0.137. The number of carboxylic acids is 1. The van der Waals surface area contributed by atoms with Crippen molar-refractivity contribution in [1.29, 1.82) is 0 Å². The number of alkyl halides is 1. The minimum Gasteiger partial charge on any atom is -0.481 e. The van der Waals surface area contributed by atoms with E-state index in [4.69, 9.17) is 0 Å². The first-order valence-corrected chi connectivity index (χ1v) is 12.4. The zero-order valence-electron chi connectivity index (χ0n) is 18.6. The number of nitrogens with one attached hydrogen (secondary N) is 1. The van der Waals surface area contributed by atoms with Crippen molar-refractivity contribution in [2.75, 3.05) is 13.1 Å². The summed E-state index contributed by atoms with van der Waals surface area (Å²) < 4.78 is 15.0. The zero-order chi connectivity index (χ0) is 22.1. The highest BCUT2D eigenvalue weighted by molar-refractivity contribution is 5.75. The number of rotatable bonds is 3. The Balaban J connectivity index is 1.12. The number of carbonyl (C=O) groups is 2. The maximum absolute atomic E-state index is 15.0. The minimum absolute atomic E-state index is 0.0126. The molecule has 2 N–H and O–H groups in total. The summed E-state index contributed by atoms with van der Waals surface area (Å²) in [4.78, 5) is 26.5. The lowest BCUT2D eigenvalue weighted by atomic mass is 9.53. The topological polar surface area (TPSA) is 69.6 Å². The fourth-order valence-corrected chi connectivity index (χ4v) is 8.43. The van der Waals surface area contributed by atoms with E-state index in [1.54, 1.807) is 0 Å². The quantitative estimate of drug-likeness (QED) is 0.721. The number of nitrogens with zero attached hydrogens (tertiary/aromatic N) is 1. The predicted molar refractivity (Wildman–Crippen MR) is 118 cm³/mol. The molecular formula is C26H33FN2O3. The summed E-state index contributed by atoms with van der Waals surface area (Å²) in [7, 11) is 0. The fraction of sp³-hybridized carbons (Fsp3) is 0.692. The zero-order valence-corrected chi connectivity index (χ0v) is 18.6. The van der Waals surface area contributed by atoms with Crippen molar-refractivity contribution >= 4 is 12.0 Å². The molecule has 5 fully saturated rings. The third-order valence-electron chi connectivity index (χ3n) is 9.53. The second kappa shape index (κ2) is 7.19. The third-order valence-corrected chi connectivity index (χ3v) is 9.53. The van der Waals surface area contributed by atoms with Crippen molar-refractivity contribution in [3.8, 4) is 0 Å². The molecular weight excluding hydrogens is 407 g/mol. The molecule has 1 heterocycles. The molecule has 1 saturated heterocycles. The largest absolute Gasteiger partial charge is 0.481 e. The molecule has 0 radical (unpaired) electrons. The van der Waals surface area contributed by atoms with Gasteiger partial charge >= 0.3 is 12.0 Å². The molecule has 2 amide bonds. The number of hydrogen-bond donors (Lipinski definition) is 2. The summed E-state index contributed by atoms with van der Waals surface area (Å²) >= 11 is 0. The second-order valence-corrected chi connectivity index (χ2v) is 11.4. The summed E-state index contributed by atoms with van der Waals surface area (Å²) in [5.74, 6) is 0.422. The number of hydrogen-bond acceptors (Lipinski definition) is 2. The van der Waals surface area contributed by atoms with Gasteiger partial charge in [-0.2, -0.15) is 0 Å². The van der Waals surface area contributed by atoms with Gasteiger partial charge < -0.3 is 15.3 Å². The number of fused-ring (bicyclic) bond motifs is 2. The molecule has 6 heteroatoms. The molecule has 7 rings (SSSR count). The van der Waals surface area contributed by atoms with Crippen LogP contribution in [-0.2, 0) is 10.2 Å². The number of halogens is 1. The van der Waals surface area contributed by atoms with Crippen molar-refractivity contribution in [3.05, 3.63) is 35.4 Å². The van der Waals surface area contributed by atoms with Gasteiger partial charge in [0.1, 0.15) is 5.67 Å². The number of likely N-dealkylation sites (tertiary alicyclic amines) is 1. The first-order valence-electron chi connectivity index (χ1n) is 12.4. The molecule has 1 aliphatic heterocycles. The molecule has 32 heavy (non-hydrogen) atoms. The number of benzene rings is 1. The normalized spacial score (nSPS) is 38.7. The van der Waals surface area contributed by atoms with Gasteiger partial charge in [-0.1, -0.05) is 24.3 Å². The maximum Gasteiger partial charge on any atom is 0.317 e. The van der Waals surface area contributed by atoms with Crippen LogP contribution in [0.4, 0.5) is 9.18 Å². The first-order chi connectivity index (χ1) is 15.3. The molecule has 0 aromatic heterocycles. The van der Waals surface area contributed by atoms with Crippen LogP contribution in [0.5, 0.6) is 0 Å². The minimum atomic E-state index is -0.975. The predicted octanol–water partition coefficient (Wildman–Crippen LogP) is 4.61. The van der Waals surface area contributed by atoms with Crippen molar-refractivity contribution < 1.29 is 19.1 Å². The third kappa shape index (κ3) is 3.24. The number of carboxylic acid groups (broad SMARTS) is 1. The van der Waals surface area contributed by atoms with E-state index in [1.807, 2.05) is 17.0 Å². The maximum atomic E-state index is 15.0. The highest BCUT2D eigenvalue weighted by Crippen LogP contribution is 2.57. The first kappa shape index (κ1) is 20.5. The number of amides is 2. The van der Waals surface area contributed by atoms with E-state index >= 15 is 0 Å². The molecule has 3 atom stereocenters. The van der Waals surface area contributed by atoms with Crippen LogP contribution in [0, 0.1) is 17.8 Å². The Morgan fingerprint density at radius 2 is 1.75 bits per heavy atom. The SMILES string of the molecule is O=C(O)CC1CC2(CCN(C(=O)NC3C4CC5CC3CC(F)(C5)C4)CC2)c2ccccc21. The van der Waals surface area contributed by atoms with E-state index in [0.717, 1.165) is 38.5 Å². The van der Waals surface area contributed by atoms with Crippen LogP contribution in [-0.4, -0.2) is 46.8 Å². The highest BCUT2D eigenvalue weighted by atomic mass is 19.1. The van der Waals surface area contributed by atoms with E-state index in [-0.39, 0.29) is 29.8 Å². The van der Waals surface area contributed by atoms with Crippen molar-refractivity contribution in [3.63, 3.8) is 0 Å². The van der Waals surface area contributed by atoms with Gasteiger partial charge in [0.2, 0.25) is 0 Å². The Morgan fingerprint density at radius 1 is 1.06 bits per heavy atom. The molecule has 4 bridgehead atoms.